The lowest BCUT2D eigenvalue weighted by molar-refractivity contribution is 0.0596. The first-order chi connectivity index (χ1) is 8.22. The first-order valence-electron chi connectivity index (χ1n) is 6.58. The first kappa shape index (κ1) is 14.7. The molecule has 3 heteroatoms. The molecule has 0 saturated heterocycles. The molecule has 0 aromatic carbocycles. The zero-order valence-electron chi connectivity index (χ0n) is 11.2. The minimum Gasteiger partial charge on any atom is -0.377 e. The Morgan fingerprint density at radius 2 is 2.24 bits per heavy atom. The molecule has 98 valence electrons. The van der Waals surface area contributed by atoms with Gasteiger partial charge in [-0.25, -0.2) is 0 Å². The summed E-state index contributed by atoms with van der Waals surface area (Å²) in [7, 11) is 0. The van der Waals surface area contributed by atoms with Crippen LogP contribution in [0.5, 0.6) is 0 Å². The maximum atomic E-state index is 5.71. The van der Waals surface area contributed by atoms with E-state index in [9.17, 15) is 0 Å². The molecule has 0 aliphatic carbocycles. The first-order valence-corrected chi connectivity index (χ1v) is 7.52. The van der Waals surface area contributed by atoms with E-state index in [1.807, 2.05) is 0 Å². The quantitative estimate of drug-likeness (QED) is 0.729. The number of rotatable bonds is 9. The molecule has 0 bridgehead atoms. The number of aryl methyl sites for hydroxylation is 1. The number of hydrogen-bond acceptors (Lipinski definition) is 3. The van der Waals surface area contributed by atoms with Gasteiger partial charge < -0.3 is 10.1 Å². The van der Waals surface area contributed by atoms with E-state index >= 15 is 0 Å². The third-order valence-electron chi connectivity index (χ3n) is 2.68. The summed E-state index contributed by atoms with van der Waals surface area (Å²) in [5, 5.41) is 7.95. The highest BCUT2D eigenvalue weighted by atomic mass is 32.1. The Hall–Kier alpha value is -0.380. The van der Waals surface area contributed by atoms with Gasteiger partial charge >= 0.3 is 0 Å². The second-order valence-corrected chi connectivity index (χ2v) is 5.48. The van der Waals surface area contributed by atoms with Crippen LogP contribution < -0.4 is 5.32 Å². The van der Waals surface area contributed by atoms with Crippen molar-refractivity contribution in [1.82, 2.24) is 5.32 Å². The molecule has 1 aromatic rings. The summed E-state index contributed by atoms with van der Waals surface area (Å²) < 4.78 is 5.71. The van der Waals surface area contributed by atoms with Crippen molar-refractivity contribution in [3.05, 3.63) is 22.4 Å². The van der Waals surface area contributed by atoms with Crippen molar-refractivity contribution in [3.8, 4) is 0 Å². The van der Waals surface area contributed by atoms with E-state index in [1.54, 1.807) is 11.3 Å². The van der Waals surface area contributed by atoms with Gasteiger partial charge in [-0.15, -0.1) is 0 Å². The Balaban J connectivity index is 2.28. The van der Waals surface area contributed by atoms with Crippen molar-refractivity contribution in [2.75, 3.05) is 13.2 Å². The molecule has 1 rings (SSSR count). The SMILES string of the molecule is CCCNC(CCc1ccsc1)COC(C)C. The summed E-state index contributed by atoms with van der Waals surface area (Å²) in [5.74, 6) is 0. The average Bonchev–Trinajstić information content (AvgIpc) is 2.80. The van der Waals surface area contributed by atoms with Crippen molar-refractivity contribution >= 4 is 11.3 Å². The highest BCUT2D eigenvalue weighted by Gasteiger charge is 2.09. The van der Waals surface area contributed by atoms with Crippen molar-refractivity contribution in [3.63, 3.8) is 0 Å². The van der Waals surface area contributed by atoms with Gasteiger partial charge in [0.2, 0.25) is 0 Å². The Labute approximate surface area is 109 Å². The fraction of sp³-hybridized carbons (Fsp3) is 0.714. The maximum Gasteiger partial charge on any atom is 0.0623 e. The molecule has 1 atom stereocenters. The summed E-state index contributed by atoms with van der Waals surface area (Å²) in [4.78, 5) is 0. The normalized spacial score (nSPS) is 13.2. The summed E-state index contributed by atoms with van der Waals surface area (Å²) in [6.07, 6.45) is 3.80. The number of ether oxygens (including phenoxy) is 1. The van der Waals surface area contributed by atoms with E-state index < -0.39 is 0 Å². The minimum absolute atomic E-state index is 0.321. The van der Waals surface area contributed by atoms with Crippen molar-refractivity contribution < 1.29 is 4.74 Å². The number of nitrogens with one attached hydrogen (secondary N) is 1. The van der Waals surface area contributed by atoms with Gasteiger partial charge in [-0.3, -0.25) is 0 Å². The monoisotopic (exact) mass is 255 g/mol. The molecular formula is C14H25NOS. The predicted molar refractivity (Wildman–Crippen MR) is 75.8 cm³/mol. The second kappa shape index (κ2) is 8.67. The van der Waals surface area contributed by atoms with Gasteiger partial charge in [0.05, 0.1) is 12.7 Å². The molecule has 17 heavy (non-hydrogen) atoms. The highest BCUT2D eigenvalue weighted by molar-refractivity contribution is 7.07. The summed E-state index contributed by atoms with van der Waals surface area (Å²) in [6.45, 7) is 8.29. The fourth-order valence-corrected chi connectivity index (χ4v) is 2.38. The van der Waals surface area contributed by atoms with E-state index in [4.69, 9.17) is 4.74 Å². The Kier molecular flexibility index (Phi) is 7.49. The second-order valence-electron chi connectivity index (χ2n) is 4.70. The zero-order valence-corrected chi connectivity index (χ0v) is 12.1. The predicted octanol–water partition coefficient (Wildman–Crippen LogP) is 3.47. The molecule has 0 fully saturated rings. The van der Waals surface area contributed by atoms with E-state index in [-0.39, 0.29) is 0 Å². The van der Waals surface area contributed by atoms with Gasteiger partial charge in [-0.1, -0.05) is 6.92 Å². The molecule has 0 saturated carbocycles. The van der Waals surface area contributed by atoms with E-state index in [1.165, 1.54) is 12.0 Å². The van der Waals surface area contributed by atoms with E-state index in [2.05, 4.69) is 42.9 Å². The third-order valence-corrected chi connectivity index (χ3v) is 3.41. The van der Waals surface area contributed by atoms with Crippen molar-refractivity contribution in [1.29, 1.82) is 0 Å². The smallest absolute Gasteiger partial charge is 0.0623 e. The van der Waals surface area contributed by atoms with Crippen molar-refractivity contribution in [2.45, 2.75) is 52.2 Å². The van der Waals surface area contributed by atoms with Gasteiger partial charge in [0.15, 0.2) is 0 Å². The topological polar surface area (TPSA) is 21.3 Å². The van der Waals surface area contributed by atoms with Crippen LogP contribution in [-0.2, 0) is 11.2 Å². The maximum absolute atomic E-state index is 5.71. The van der Waals surface area contributed by atoms with E-state index in [0.717, 1.165) is 26.0 Å². The molecule has 1 N–H and O–H groups in total. The minimum atomic E-state index is 0.321. The molecule has 0 amide bonds. The third kappa shape index (κ3) is 6.81. The molecule has 1 unspecified atom stereocenters. The van der Waals surface area contributed by atoms with Crippen LogP contribution >= 0.6 is 11.3 Å². The van der Waals surface area contributed by atoms with Gasteiger partial charge in [-0.05, 0) is 62.0 Å². The molecule has 1 aromatic heterocycles. The standard InChI is InChI=1S/C14H25NOS/c1-4-8-15-14(10-16-12(2)3)6-5-13-7-9-17-11-13/h7,9,11-12,14-15H,4-6,8,10H2,1-3H3. The largest absolute Gasteiger partial charge is 0.377 e. The van der Waals surface area contributed by atoms with Gasteiger partial charge in [-0.2, -0.15) is 11.3 Å². The lowest BCUT2D eigenvalue weighted by Crippen LogP contribution is -2.35. The number of hydrogen-bond donors (Lipinski definition) is 1. The Morgan fingerprint density at radius 3 is 2.82 bits per heavy atom. The van der Waals surface area contributed by atoms with Crippen LogP contribution in [0.25, 0.3) is 0 Å². The summed E-state index contributed by atoms with van der Waals surface area (Å²) in [6, 6.07) is 2.70. The fourth-order valence-electron chi connectivity index (χ4n) is 1.68. The molecule has 1 heterocycles. The van der Waals surface area contributed by atoms with Crippen LogP contribution in [0.3, 0.4) is 0 Å². The molecular weight excluding hydrogens is 230 g/mol. The van der Waals surface area contributed by atoms with Crippen molar-refractivity contribution in [2.24, 2.45) is 0 Å². The molecule has 2 nitrogen and oxygen atoms in total. The van der Waals surface area contributed by atoms with Gasteiger partial charge in [0.1, 0.15) is 0 Å². The van der Waals surface area contributed by atoms with Crippen LogP contribution in [0.1, 0.15) is 39.2 Å². The lowest BCUT2D eigenvalue weighted by Gasteiger charge is -2.19. The molecule has 0 aliphatic heterocycles. The molecule has 0 radical (unpaired) electrons. The van der Waals surface area contributed by atoms with Crippen LogP contribution in [0.2, 0.25) is 0 Å². The lowest BCUT2D eigenvalue weighted by atomic mass is 10.1. The zero-order chi connectivity index (χ0) is 12.5. The van der Waals surface area contributed by atoms with Gasteiger partial charge in [0.25, 0.3) is 0 Å². The summed E-state index contributed by atoms with van der Waals surface area (Å²) in [5.41, 5.74) is 1.45. The molecule has 0 aliphatic rings. The van der Waals surface area contributed by atoms with Crippen LogP contribution in [0.4, 0.5) is 0 Å². The Bertz CT molecular complexity index is 272. The van der Waals surface area contributed by atoms with Crippen LogP contribution in [0, 0.1) is 0 Å². The van der Waals surface area contributed by atoms with Crippen LogP contribution in [0.15, 0.2) is 16.8 Å². The highest BCUT2D eigenvalue weighted by Crippen LogP contribution is 2.10. The van der Waals surface area contributed by atoms with E-state index in [0.29, 0.717) is 12.1 Å². The Morgan fingerprint density at radius 1 is 1.41 bits per heavy atom. The summed E-state index contributed by atoms with van der Waals surface area (Å²) >= 11 is 1.78. The van der Waals surface area contributed by atoms with Crippen LogP contribution in [-0.4, -0.2) is 25.3 Å². The average molecular weight is 255 g/mol. The molecule has 0 spiro atoms. The number of thiophene rings is 1. The van der Waals surface area contributed by atoms with Gasteiger partial charge in [0, 0.05) is 6.04 Å².